The Balaban J connectivity index is 1.49. The van der Waals surface area contributed by atoms with Crippen molar-refractivity contribution < 1.29 is 9.59 Å². The predicted octanol–water partition coefficient (Wildman–Crippen LogP) is 5.53. The molecule has 1 aliphatic carbocycles. The van der Waals surface area contributed by atoms with Crippen LogP contribution in [0.3, 0.4) is 0 Å². The van der Waals surface area contributed by atoms with E-state index < -0.39 is 0 Å². The molecule has 3 amide bonds. The van der Waals surface area contributed by atoms with Crippen molar-refractivity contribution >= 4 is 41.0 Å². The quantitative estimate of drug-likeness (QED) is 0.595. The number of benzene rings is 1. The van der Waals surface area contributed by atoms with E-state index in [2.05, 4.69) is 24.5 Å². The Bertz CT molecular complexity index is 714. The van der Waals surface area contributed by atoms with E-state index in [0.29, 0.717) is 16.2 Å². The highest BCUT2D eigenvalue weighted by Crippen LogP contribution is 2.32. The number of thioether (sulfide) groups is 1. The molecular formula is C22H32ClN3O2S. The lowest BCUT2D eigenvalue weighted by molar-refractivity contribution is -0.137. The zero-order valence-electron chi connectivity index (χ0n) is 17.4. The number of nitrogens with one attached hydrogen (secondary N) is 2. The zero-order chi connectivity index (χ0) is 20.8. The number of halogens is 1. The number of nitrogens with zero attached hydrogens (tertiary/aromatic N) is 1. The van der Waals surface area contributed by atoms with E-state index in [0.717, 1.165) is 49.4 Å². The molecule has 0 atom stereocenters. The molecule has 0 unspecified atom stereocenters. The van der Waals surface area contributed by atoms with Crippen molar-refractivity contribution in [1.82, 2.24) is 10.2 Å². The van der Waals surface area contributed by atoms with Gasteiger partial charge in [0.1, 0.15) is 0 Å². The minimum atomic E-state index is -0.213. The van der Waals surface area contributed by atoms with Crippen LogP contribution in [-0.4, -0.2) is 41.2 Å². The first-order valence-corrected chi connectivity index (χ1v) is 12.0. The van der Waals surface area contributed by atoms with E-state index in [1.807, 2.05) is 17.0 Å². The molecule has 1 aliphatic heterocycles. The largest absolute Gasteiger partial charge is 0.342 e. The third-order valence-corrected chi connectivity index (χ3v) is 6.97. The second-order valence-corrected chi connectivity index (χ2v) is 10.4. The average Bonchev–Trinajstić information content (AvgIpc) is 2.70. The first-order chi connectivity index (χ1) is 13.9. The average molecular weight is 438 g/mol. The number of carbonyl (C=O) groups is 2. The summed E-state index contributed by atoms with van der Waals surface area (Å²) in [6.07, 6.45) is 7.29. The molecule has 0 spiro atoms. The summed E-state index contributed by atoms with van der Waals surface area (Å²) < 4.78 is 0. The molecule has 0 aromatic heterocycles. The van der Waals surface area contributed by atoms with Crippen molar-refractivity contribution in [3.8, 4) is 0 Å². The minimum absolute atomic E-state index is 0.0887. The number of amides is 3. The fourth-order valence-corrected chi connectivity index (χ4v) is 5.22. The van der Waals surface area contributed by atoms with Crippen molar-refractivity contribution in [1.29, 1.82) is 0 Å². The van der Waals surface area contributed by atoms with Gasteiger partial charge in [-0.15, -0.1) is 11.8 Å². The van der Waals surface area contributed by atoms with Crippen LogP contribution in [0.1, 0.15) is 58.8 Å². The first kappa shape index (κ1) is 22.3. The number of piperidine rings is 1. The molecule has 7 heteroatoms. The maximum absolute atomic E-state index is 12.7. The molecule has 2 aliphatic rings. The highest BCUT2D eigenvalue weighted by atomic mass is 35.5. The van der Waals surface area contributed by atoms with Crippen molar-refractivity contribution in [2.45, 2.75) is 75.0 Å². The number of likely N-dealkylation sites (tertiary alicyclic amines) is 1. The predicted molar refractivity (Wildman–Crippen MR) is 121 cm³/mol. The molecular weight excluding hydrogens is 406 g/mol. The van der Waals surface area contributed by atoms with Gasteiger partial charge in [-0.1, -0.05) is 44.7 Å². The standard InChI is InChI=1S/C22H32ClN3O2S/c1-15(2)29-20-9-8-17(23)14-19(20)25-22(28)24-18-10-12-26(13-11-18)21(27)16-6-4-3-5-7-16/h8-9,14-16,18H,3-7,10-13H2,1-2H3,(H2,24,25,28). The van der Waals surface area contributed by atoms with E-state index in [-0.39, 0.29) is 18.0 Å². The maximum Gasteiger partial charge on any atom is 0.319 e. The Hall–Kier alpha value is -1.40. The molecule has 3 rings (SSSR count). The summed E-state index contributed by atoms with van der Waals surface area (Å²) in [5, 5.41) is 7.03. The van der Waals surface area contributed by atoms with Gasteiger partial charge in [-0.05, 0) is 43.9 Å². The van der Waals surface area contributed by atoms with Gasteiger partial charge in [-0.25, -0.2) is 4.79 Å². The number of carbonyl (C=O) groups excluding carboxylic acids is 2. The molecule has 5 nitrogen and oxygen atoms in total. The molecule has 160 valence electrons. The van der Waals surface area contributed by atoms with Gasteiger partial charge in [0.05, 0.1) is 5.69 Å². The first-order valence-electron chi connectivity index (χ1n) is 10.7. The SMILES string of the molecule is CC(C)Sc1ccc(Cl)cc1NC(=O)NC1CCN(C(=O)C2CCCCC2)CC1. The molecule has 1 saturated carbocycles. The molecule has 1 aromatic rings. The van der Waals surface area contributed by atoms with Crippen molar-refractivity contribution in [2.75, 3.05) is 18.4 Å². The second-order valence-electron chi connectivity index (χ2n) is 8.34. The molecule has 0 bridgehead atoms. The summed E-state index contributed by atoms with van der Waals surface area (Å²) in [7, 11) is 0. The lowest BCUT2D eigenvalue weighted by atomic mass is 9.87. The monoisotopic (exact) mass is 437 g/mol. The van der Waals surface area contributed by atoms with Crippen molar-refractivity contribution in [3.63, 3.8) is 0 Å². The molecule has 1 heterocycles. The summed E-state index contributed by atoms with van der Waals surface area (Å²) in [4.78, 5) is 28.2. The Morgan fingerprint density at radius 1 is 1.10 bits per heavy atom. The lowest BCUT2D eigenvalue weighted by Crippen LogP contribution is -2.49. The second kappa shape index (κ2) is 10.6. The number of urea groups is 1. The van der Waals surface area contributed by atoms with E-state index in [1.165, 1.54) is 19.3 Å². The number of hydrogen-bond donors (Lipinski definition) is 2. The highest BCUT2D eigenvalue weighted by Gasteiger charge is 2.29. The van der Waals surface area contributed by atoms with Gasteiger partial charge in [0, 0.05) is 40.2 Å². The van der Waals surface area contributed by atoms with Crippen LogP contribution in [0.4, 0.5) is 10.5 Å². The van der Waals surface area contributed by atoms with Crippen LogP contribution in [0.15, 0.2) is 23.1 Å². The van der Waals surface area contributed by atoms with Crippen LogP contribution in [0.5, 0.6) is 0 Å². The number of anilines is 1. The van der Waals surface area contributed by atoms with Crippen LogP contribution in [-0.2, 0) is 4.79 Å². The van der Waals surface area contributed by atoms with Gasteiger partial charge in [0.2, 0.25) is 5.91 Å². The molecule has 1 saturated heterocycles. The Morgan fingerprint density at radius 3 is 2.45 bits per heavy atom. The van der Waals surface area contributed by atoms with Gasteiger partial charge in [-0.3, -0.25) is 4.79 Å². The highest BCUT2D eigenvalue weighted by molar-refractivity contribution is 8.00. The van der Waals surface area contributed by atoms with Gasteiger partial charge < -0.3 is 15.5 Å². The summed E-state index contributed by atoms with van der Waals surface area (Å²) in [6.45, 7) is 5.69. The van der Waals surface area contributed by atoms with E-state index >= 15 is 0 Å². The summed E-state index contributed by atoms with van der Waals surface area (Å²) in [6, 6.07) is 5.45. The molecule has 1 aromatic carbocycles. The molecule has 0 radical (unpaired) electrons. The van der Waals surface area contributed by atoms with E-state index in [4.69, 9.17) is 11.6 Å². The third-order valence-electron chi connectivity index (χ3n) is 5.65. The zero-order valence-corrected chi connectivity index (χ0v) is 19.0. The number of hydrogen-bond acceptors (Lipinski definition) is 3. The lowest BCUT2D eigenvalue weighted by Gasteiger charge is -2.35. The summed E-state index contributed by atoms with van der Waals surface area (Å²) >= 11 is 7.81. The van der Waals surface area contributed by atoms with Crippen LogP contribution in [0.25, 0.3) is 0 Å². The van der Waals surface area contributed by atoms with Crippen molar-refractivity contribution in [3.05, 3.63) is 23.2 Å². The van der Waals surface area contributed by atoms with Crippen LogP contribution in [0, 0.1) is 5.92 Å². The van der Waals surface area contributed by atoms with Crippen LogP contribution < -0.4 is 10.6 Å². The van der Waals surface area contributed by atoms with Gasteiger partial charge in [0.25, 0.3) is 0 Å². The van der Waals surface area contributed by atoms with Gasteiger partial charge in [0.15, 0.2) is 0 Å². The summed E-state index contributed by atoms with van der Waals surface area (Å²) in [5.41, 5.74) is 0.735. The Labute approximate surface area is 183 Å². The minimum Gasteiger partial charge on any atom is -0.342 e. The summed E-state index contributed by atoms with van der Waals surface area (Å²) in [5.74, 6) is 0.540. The van der Waals surface area contributed by atoms with Crippen LogP contribution in [0.2, 0.25) is 5.02 Å². The van der Waals surface area contributed by atoms with Crippen LogP contribution >= 0.6 is 23.4 Å². The smallest absolute Gasteiger partial charge is 0.319 e. The Morgan fingerprint density at radius 2 is 1.79 bits per heavy atom. The third kappa shape index (κ3) is 6.54. The normalized spacial score (nSPS) is 18.7. The van der Waals surface area contributed by atoms with Gasteiger partial charge >= 0.3 is 6.03 Å². The van der Waals surface area contributed by atoms with Gasteiger partial charge in [-0.2, -0.15) is 0 Å². The van der Waals surface area contributed by atoms with E-state index in [1.54, 1.807) is 17.8 Å². The fraction of sp³-hybridized carbons (Fsp3) is 0.636. The molecule has 2 N–H and O–H groups in total. The topological polar surface area (TPSA) is 61.4 Å². The fourth-order valence-electron chi connectivity index (χ4n) is 4.15. The van der Waals surface area contributed by atoms with E-state index in [9.17, 15) is 9.59 Å². The molecule has 29 heavy (non-hydrogen) atoms. The molecule has 2 fully saturated rings. The number of rotatable bonds is 5. The Kier molecular flexibility index (Phi) is 8.13. The van der Waals surface area contributed by atoms with Crippen molar-refractivity contribution in [2.24, 2.45) is 5.92 Å². The maximum atomic E-state index is 12.7.